The minimum absolute atomic E-state index is 0.119. The van der Waals surface area contributed by atoms with Gasteiger partial charge < -0.3 is 15.8 Å². The Balaban J connectivity index is 2.42. The number of hydrogen-bond acceptors (Lipinski definition) is 4. The zero-order valence-electron chi connectivity index (χ0n) is 12.3. The summed E-state index contributed by atoms with van der Waals surface area (Å²) in [5, 5.41) is 12.1. The fraction of sp³-hybridized carbons (Fsp3) is 0.250. The van der Waals surface area contributed by atoms with Crippen LogP contribution in [0.2, 0.25) is 0 Å². The molecule has 0 aliphatic rings. The molecule has 0 aliphatic carbocycles. The second kappa shape index (κ2) is 6.74. The molecule has 0 spiro atoms. The number of para-hydroxylation sites is 1. The minimum Gasteiger partial charge on any atom is -0.409 e. The van der Waals surface area contributed by atoms with Gasteiger partial charge in [0.25, 0.3) is 0 Å². The Kier molecular flexibility index (Phi) is 4.77. The molecule has 0 saturated carbocycles. The number of anilines is 1. The largest absolute Gasteiger partial charge is 0.409 e. The van der Waals surface area contributed by atoms with Crippen molar-refractivity contribution in [3.63, 3.8) is 0 Å². The second-order valence-corrected chi connectivity index (χ2v) is 4.79. The van der Waals surface area contributed by atoms with Crippen molar-refractivity contribution in [2.24, 2.45) is 10.9 Å². The first kappa shape index (κ1) is 14.8. The summed E-state index contributed by atoms with van der Waals surface area (Å²) in [6, 6.07) is 11.6. The van der Waals surface area contributed by atoms with Gasteiger partial charge in [-0.3, -0.25) is 4.98 Å². The number of pyridine rings is 1. The fourth-order valence-electron chi connectivity index (χ4n) is 2.38. The molecule has 0 fully saturated rings. The third-order valence-corrected chi connectivity index (χ3v) is 3.40. The maximum atomic E-state index is 8.98. The predicted octanol–water partition coefficient (Wildman–Crippen LogP) is 2.51. The summed E-state index contributed by atoms with van der Waals surface area (Å²) in [5.41, 5.74) is 9.57. The summed E-state index contributed by atoms with van der Waals surface area (Å²) in [6.45, 7) is 5.57. The van der Waals surface area contributed by atoms with Gasteiger partial charge in [-0.25, -0.2) is 0 Å². The highest BCUT2D eigenvalue weighted by Gasteiger charge is 2.16. The van der Waals surface area contributed by atoms with Gasteiger partial charge in [-0.1, -0.05) is 23.4 Å². The highest BCUT2D eigenvalue weighted by molar-refractivity contribution is 6.02. The molecule has 2 aromatic rings. The third kappa shape index (κ3) is 3.31. The molecular weight excluding hydrogens is 264 g/mol. The van der Waals surface area contributed by atoms with Gasteiger partial charge in [0.05, 0.1) is 17.9 Å². The van der Waals surface area contributed by atoms with E-state index in [1.165, 1.54) is 0 Å². The van der Waals surface area contributed by atoms with Crippen molar-refractivity contribution >= 4 is 11.5 Å². The van der Waals surface area contributed by atoms with E-state index in [2.05, 4.69) is 22.0 Å². The average molecular weight is 284 g/mol. The number of amidine groups is 1. The quantitative estimate of drug-likeness (QED) is 0.383. The highest BCUT2D eigenvalue weighted by atomic mass is 16.4. The van der Waals surface area contributed by atoms with Crippen molar-refractivity contribution < 1.29 is 5.21 Å². The van der Waals surface area contributed by atoms with Crippen LogP contribution >= 0.6 is 0 Å². The van der Waals surface area contributed by atoms with Gasteiger partial charge in [0, 0.05) is 18.3 Å². The highest BCUT2D eigenvalue weighted by Crippen LogP contribution is 2.26. The maximum Gasteiger partial charge on any atom is 0.172 e. The molecule has 2 rings (SSSR count). The molecule has 3 N–H and O–H groups in total. The molecule has 0 radical (unpaired) electrons. The van der Waals surface area contributed by atoms with Crippen LogP contribution in [-0.2, 0) is 6.54 Å². The van der Waals surface area contributed by atoms with Crippen LogP contribution in [0.3, 0.4) is 0 Å². The zero-order valence-corrected chi connectivity index (χ0v) is 12.3. The van der Waals surface area contributed by atoms with Crippen molar-refractivity contribution in [3.8, 4) is 0 Å². The van der Waals surface area contributed by atoms with Gasteiger partial charge in [-0.15, -0.1) is 0 Å². The van der Waals surface area contributed by atoms with Gasteiger partial charge in [-0.05, 0) is 37.6 Å². The van der Waals surface area contributed by atoms with Crippen molar-refractivity contribution in [2.45, 2.75) is 20.4 Å². The Labute approximate surface area is 124 Å². The molecular formula is C16H20N4O. The van der Waals surface area contributed by atoms with Crippen LogP contribution in [0.15, 0.2) is 47.8 Å². The molecule has 0 aliphatic heterocycles. The van der Waals surface area contributed by atoms with E-state index in [1.807, 2.05) is 43.3 Å². The Hall–Kier alpha value is -2.56. The average Bonchev–Trinajstić information content (AvgIpc) is 2.53. The predicted molar refractivity (Wildman–Crippen MR) is 84.7 cm³/mol. The van der Waals surface area contributed by atoms with Gasteiger partial charge in [0.15, 0.2) is 5.84 Å². The Morgan fingerprint density at radius 1 is 1.29 bits per heavy atom. The van der Waals surface area contributed by atoms with Gasteiger partial charge in [0.1, 0.15) is 0 Å². The molecule has 1 aromatic heterocycles. The lowest BCUT2D eigenvalue weighted by molar-refractivity contribution is 0.318. The van der Waals surface area contributed by atoms with Crippen molar-refractivity contribution in [2.75, 3.05) is 11.4 Å². The number of rotatable bonds is 5. The Bertz CT molecular complexity index is 625. The van der Waals surface area contributed by atoms with Crippen LogP contribution < -0.4 is 10.6 Å². The number of benzene rings is 1. The van der Waals surface area contributed by atoms with Gasteiger partial charge in [0.2, 0.25) is 0 Å². The summed E-state index contributed by atoms with van der Waals surface area (Å²) in [5.74, 6) is 0.119. The number of nitrogens with two attached hydrogens (primary N) is 1. The van der Waals surface area contributed by atoms with Crippen LogP contribution in [0.1, 0.15) is 23.7 Å². The maximum absolute atomic E-state index is 8.98. The molecule has 0 unspecified atom stereocenters. The van der Waals surface area contributed by atoms with Crippen LogP contribution in [0.5, 0.6) is 0 Å². The van der Waals surface area contributed by atoms with E-state index in [4.69, 9.17) is 10.9 Å². The Morgan fingerprint density at radius 3 is 2.71 bits per heavy atom. The first-order valence-electron chi connectivity index (χ1n) is 6.89. The lowest BCUT2D eigenvalue weighted by atomic mass is 10.1. The molecule has 21 heavy (non-hydrogen) atoms. The Morgan fingerprint density at radius 2 is 2.10 bits per heavy atom. The van der Waals surface area contributed by atoms with Crippen LogP contribution in [0.4, 0.5) is 5.69 Å². The van der Waals surface area contributed by atoms with Crippen LogP contribution in [-0.4, -0.2) is 22.6 Å². The van der Waals surface area contributed by atoms with Crippen LogP contribution in [0, 0.1) is 6.92 Å². The molecule has 0 bridgehead atoms. The molecule has 1 aromatic carbocycles. The fourth-order valence-corrected chi connectivity index (χ4v) is 2.38. The van der Waals surface area contributed by atoms with E-state index in [9.17, 15) is 0 Å². The summed E-state index contributed by atoms with van der Waals surface area (Å²) >= 11 is 0. The molecule has 5 nitrogen and oxygen atoms in total. The lowest BCUT2D eigenvalue weighted by Crippen LogP contribution is -2.27. The number of hydrogen-bond donors (Lipinski definition) is 2. The third-order valence-electron chi connectivity index (χ3n) is 3.40. The minimum atomic E-state index is 0.119. The topological polar surface area (TPSA) is 74.7 Å². The zero-order chi connectivity index (χ0) is 15.2. The summed E-state index contributed by atoms with van der Waals surface area (Å²) in [4.78, 5) is 6.54. The van der Waals surface area contributed by atoms with Gasteiger partial charge in [-0.2, -0.15) is 0 Å². The molecule has 5 heteroatoms. The van der Waals surface area contributed by atoms with E-state index >= 15 is 0 Å². The number of oxime groups is 1. The summed E-state index contributed by atoms with van der Waals surface area (Å²) < 4.78 is 0. The van der Waals surface area contributed by atoms with Crippen molar-refractivity contribution in [1.29, 1.82) is 0 Å². The van der Waals surface area contributed by atoms with E-state index in [1.54, 1.807) is 6.20 Å². The summed E-state index contributed by atoms with van der Waals surface area (Å²) in [7, 11) is 0. The number of aromatic nitrogens is 1. The normalized spacial score (nSPS) is 11.4. The van der Waals surface area contributed by atoms with Crippen LogP contribution in [0.25, 0.3) is 0 Å². The number of nitrogens with zero attached hydrogens (tertiary/aromatic N) is 3. The number of aryl methyl sites for hydroxylation is 1. The molecule has 0 saturated heterocycles. The van der Waals surface area contributed by atoms with E-state index < -0.39 is 0 Å². The first-order valence-corrected chi connectivity index (χ1v) is 6.89. The summed E-state index contributed by atoms with van der Waals surface area (Å²) in [6.07, 6.45) is 1.78. The van der Waals surface area contributed by atoms with E-state index in [0.717, 1.165) is 29.1 Å². The molecule has 0 atom stereocenters. The standard InChI is InChI=1S/C16H20N4O/c1-3-20(11-13-8-4-5-10-18-13)15-12(2)7-6-9-14(15)16(17)19-21/h4-10,21H,3,11H2,1-2H3,(H2,17,19). The first-order chi connectivity index (χ1) is 10.2. The smallest absolute Gasteiger partial charge is 0.172 e. The molecule has 1 heterocycles. The van der Waals surface area contributed by atoms with Gasteiger partial charge >= 0.3 is 0 Å². The lowest BCUT2D eigenvalue weighted by Gasteiger charge is -2.27. The monoisotopic (exact) mass is 284 g/mol. The second-order valence-electron chi connectivity index (χ2n) is 4.79. The van der Waals surface area contributed by atoms with E-state index in [-0.39, 0.29) is 5.84 Å². The SMILES string of the molecule is CCN(Cc1ccccn1)c1c(C)cccc1/C(N)=N/O. The van der Waals surface area contributed by atoms with Crippen molar-refractivity contribution in [3.05, 3.63) is 59.4 Å². The molecule has 0 amide bonds. The molecule has 110 valence electrons. The van der Waals surface area contributed by atoms with Crippen molar-refractivity contribution in [1.82, 2.24) is 4.98 Å². The van der Waals surface area contributed by atoms with E-state index in [0.29, 0.717) is 6.54 Å².